The zero-order valence-electron chi connectivity index (χ0n) is 13.1. The predicted octanol–water partition coefficient (Wildman–Crippen LogP) is 2.91. The lowest BCUT2D eigenvalue weighted by molar-refractivity contribution is -0.120. The van der Waals surface area contributed by atoms with Crippen molar-refractivity contribution in [2.75, 3.05) is 31.2 Å². The lowest BCUT2D eigenvalue weighted by atomic mass is 10.1. The van der Waals surface area contributed by atoms with Gasteiger partial charge in [-0.15, -0.1) is 0 Å². The number of hydrogen-bond acceptors (Lipinski definition) is 4. The molecule has 0 aliphatic carbocycles. The molecule has 1 aliphatic rings. The van der Waals surface area contributed by atoms with Crippen LogP contribution in [0.3, 0.4) is 0 Å². The van der Waals surface area contributed by atoms with Crippen molar-refractivity contribution in [3.63, 3.8) is 0 Å². The first-order chi connectivity index (χ1) is 11.3. The molecular weight excluding hydrogens is 308 g/mol. The molecule has 1 aromatic carbocycles. The van der Waals surface area contributed by atoms with Crippen LogP contribution < -0.4 is 10.2 Å². The molecule has 2 heterocycles. The average molecular weight is 330 g/mol. The summed E-state index contributed by atoms with van der Waals surface area (Å²) in [6.45, 7) is 3.40. The zero-order valence-corrected chi connectivity index (χ0v) is 13.9. The Hall–Kier alpha value is -1.85. The molecule has 0 saturated carbocycles. The first-order valence-corrected chi connectivity index (χ1v) is 8.91. The van der Waals surface area contributed by atoms with Gasteiger partial charge in [0.1, 0.15) is 0 Å². The van der Waals surface area contributed by atoms with Crippen molar-refractivity contribution >= 4 is 22.9 Å². The van der Waals surface area contributed by atoms with Crippen molar-refractivity contribution in [2.45, 2.75) is 13.0 Å². The third-order valence-corrected chi connectivity index (χ3v) is 4.75. The van der Waals surface area contributed by atoms with Crippen LogP contribution in [0.2, 0.25) is 0 Å². The molecular formula is C18H22N2O2S. The Labute approximate surface area is 141 Å². The number of nitrogens with zero attached hydrogens (tertiary/aromatic N) is 1. The molecule has 0 unspecified atom stereocenters. The van der Waals surface area contributed by atoms with E-state index in [2.05, 4.69) is 27.0 Å². The monoisotopic (exact) mass is 330 g/mol. The van der Waals surface area contributed by atoms with E-state index in [0.29, 0.717) is 19.0 Å². The minimum atomic E-state index is 0.0657. The van der Waals surface area contributed by atoms with Crippen molar-refractivity contribution in [2.24, 2.45) is 5.92 Å². The summed E-state index contributed by atoms with van der Waals surface area (Å²) in [5, 5.41) is 7.24. The number of ether oxygens (including phenoxy) is 1. The third-order valence-electron chi connectivity index (χ3n) is 4.02. The van der Waals surface area contributed by atoms with Crippen LogP contribution >= 0.6 is 11.3 Å². The largest absolute Gasteiger partial charge is 0.381 e. The molecule has 1 saturated heterocycles. The second-order valence-corrected chi connectivity index (χ2v) is 6.64. The molecule has 5 heteroatoms. The van der Waals surface area contributed by atoms with E-state index in [1.807, 2.05) is 30.3 Å². The number of carbonyl (C=O) groups is 1. The SMILES string of the molecule is O=C(CN(Cc1ccsc1)c1ccccc1)NC[C@H]1CCOC1. The van der Waals surface area contributed by atoms with E-state index in [0.717, 1.165) is 31.9 Å². The van der Waals surface area contributed by atoms with Crippen molar-refractivity contribution < 1.29 is 9.53 Å². The van der Waals surface area contributed by atoms with Gasteiger partial charge in [0.25, 0.3) is 0 Å². The van der Waals surface area contributed by atoms with E-state index >= 15 is 0 Å². The molecule has 1 amide bonds. The quantitative estimate of drug-likeness (QED) is 0.849. The molecule has 0 spiro atoms. The van der Waals surface area contributed by atoms with Crippen LogP contribution in [0.4, 0.5) is 5.69 Å². The number of hydrogen-bond donors (Lipinski definition) is 1. The normalized spacial score (nSPS) is 17.1. The van der Waals surface area contributed by atoms with Crippen LogP contribution in [0.25, 0.3) is 0 Å². The van der Waals surface area contributed by atoms with E-state index in [1.54, 1.807) is 11.3 Å². The summed E-state index contributed by atoms with van der Waals surface area (Å²) >= 11 is 1.68. The summed E-state index contributed by atoms with van der Waals surface area (Å²) in [5.41, 5.74) is 2.30. The summed E-state index contributed by atoms with van der Waals surface area (Å²) in [4.78, 5) is 14.4. The summed E-state index contributed by atoms with van der Waals surface area (Å²) in [6, 6.07) is 12.2. The molecule has 0 bridgehead atoms. The molecule has 0 radical (unpaired) electrons. The highest BCUT2D eigenvalue weighted by atomic mass is 32.1. The van der Waals surface area contributed by atoms with Gasteiger partial charge in [-0.3, -0.25) is 4.79 Å². The van der Waals surface area contributed by atoms with Gasteiger partial charge in [0.05, 0.1) is 13.2 Å². The van der Waals surface area contributed by atoms with E-state index in [4.69, 9.17) is 4.74 Å². The Bertz CT molecular complexity index is 595. The van der Waals surface area contributed by atoms with Gasteiger partial charge in [0, 0.05) is 31.3 Å². The zero-order chi connectivity index (χ0) is 15.9. The average Bonchev–Trinajstić information content (AvgIpc) is 3.27. The van der Waals surface area contributed by atoms with Crippen LogP contribution in [-0.2, 0) is 16.1 Å². The van der Waals surface area contributed by atoms with Crippen molar-refractivity contribution in [3.8, 4) is 0 Å². The molecule has 1 N–H and O–H groups in total. The lowest BCUT2D eigenvalue weighted by Crippen LogP contribution is -2.39. The van der Waals surface area contributed by atoms with Gasteiger partial charge in [0.2, 0.25) is 5.91 Å². The molecule has 1 fully saturated rings. The summed E-state index contributed by atoms with van der Waals surface area (Å²) in [7, 11) is 0. The summed E-state index contributed by atoms with van der Waals surface area (Å²) < 4.78 is 5.35. The van der Waals surface area contributed by atoms with Crippen molar-refractivity contribution in [1.82, 2.24) is 5.32 Å². The smallest absolute Gasteiger partial charge is 0.239 e. The predicted molar refractivity (Wildman–Crippen MR) is 93.7 cm³/mol. The maximum atomic E-state index is 12.3. The van der Waals surface area contributed by atoms with Gasteiger partial charge in [-0.25, -0.2) is 0 Å². The molecule has 4 nitrogen and oxygen atoms in total. The molecule has 2 aromatic rings. The van der Waals surface area contributed by atoms with E-state index < -0.39 is 0 Å². The van der Waals surface area contributed by atoms with Crippen LogP contribution in [0.15, 0.2) is 47.2 Å². The van der Waals surface area contributed by atoms with Gasteiger partial charge in [0.15, 0.2) is 0 Å². The van der Waals surface area contributed by atoms with Crippen LogP contribution in [0.5, 0.6) is 0 Å². The molecule has 23 heavy (non-hydrogen) atoms. The fraction of sp³-hybridized carbons (Fsp3) is 0.389. The number of benzene rings is 1. The Morgan fingerprint density at radius 2 is 2.17 bits per heavy atom. The Balaban J connectivity index is 1.59. The molecule has 1 atom stereocenters. The number of carbonyl (C=O) groups excluding carboxylic acids is 1. The minimum Gasteiger partial charge on any atom is -0.381 e. The van der Waals surface area contributed by atoms with Crippen LogP contribution in [-0.4, -0.2) is 32.2 Å². The molecule has 122 valence electrons. The number of amides is 1. The second-order valence-electron chi connectivity index (χ2n) is 5.86. The fourth-order valence-corrected chi connectivity index (χ4v) is 3.37. The second kappa shape index (κ2) is 8.13. The van der Waals surface area contributed by atoms with E-state index in [1.165, 1.54) is 5.56 Å². The Morgan fingerprint density at radius 3 is 2.87 bits per heavy atom. The highest BCUT2D eigenvalue weighted by molar-refractivity contribution is 7.07. The summed E-state index contributed by atoms with van der Waals surface area (Å²) in [6.07, 6.45) is 1.04. The van der Waals surface area contributed by atoms with E-state index in [-0.39, 0.29) is 5.91 Å². The van der Waals surface area contributed by atoms with Crippen LogP contribution in [0.1, 0.15) is 12.0 Å². The van der Waals surface area contributed by atoms with Gasteiger partial charge >= 0.3 is 0 Å². The topological polar surface area (TPSA) is 41.6 Å². The number of anilines is 1. The van der Waals surface area contributed by atoms with Crippen molar-refractivity contribution in [1.29, 1.82) is 0 Å². The minimum absolute atomic E-state index is 0.0657. The Morgan fingerprint density at radius 1 is 1.30 bits per heavy atom. The standard InChI is InChI=1S/C18H22N2O2S/c21-18(19-10-15-6-8-22-13-15)12-20(11-16-7-9-23-14-16)17-4-2-1-3-5-17/h1-5,7,9,14-15H,6,8,10-13H2,(H,19,21)/t15-/m1/s1. The van der Waals surface area contributed by atoms with E-state index in [9.17, 15) is 4.79 Å². The number of nitrogens with one attached hydrogen (secondary N) is 1. The van der Waals surface area contributed by atoms with Gasteiger partial charge < -0.3 is 15.0 Å². The Kier molecular flexibility index (Phi) is 5.66. The number of thiophene rings is 1. The number of para-hydroxylation sites is 1. The highest BCUT2D eigenvalue weighted by Crippen LogP contribution is 2.18. The lowest BCUT2D eigenvalue weighted by Gasteiger charge is -2.24. The van der Waals surface area contributed by atoms with Crippen molar-refractivity contribution in [3.05, 3.63) is 52.7 Å². The molecule has 1 aromatic heterocycles. The first kappa shape index (κ1) is 16.0. The third kappa shape index (κ3) is 4.81. The maximum Gasteiger partial charge on any atom is 0.239 e. The molecule has 3 rings (SSSR count). The van der Waals surface area contributed by atoms with Gasteiger partial charge in [-0.05, 0) is 40.9 Å². The highest BCUT2D eigenvalue weighted by Gasteiger charge is 2.17. The number of rotatable bonds is 7. The van der Waals surface area contributed by atoms with Gasteiger partial charge in [-0.1, -0.05) is 18.2 Å². The maximum absolute atomic E-state index is 12.3. The summed E-state index contributed by atoms with van der Waals surface area (Å²) in [5.74, 6) is 0.525. The first-order valence-electron chi connectivity index (χ1n) is 7.97. The van der Waals surface area contributed by atoms with Crippen LogP contribution in [0, 0.1) is 5.92 Å². The molecule has 1 aliphatic heterocycles. The van der Waals surface area contributed by atoms with Gasteiger partial charge in [-0.2, -0.15) is 11.3 Å². The fourth-order valence-electron chi connectivity index (χ4n) is 2.71.